The first-order valence-electron chi connectivity index (χ1n) is 11.2. The molecule has 2 aromatic rings. The molecule has 0 aromatic heterocycles. The molecule has 0 bridgehead atoms. The number of amides is 2. The van der Waals surface area contributed by atoms with Gasteiger partial charge in [0.2, 0.25) is 0 Å². The molecule has 0 unspecified atom stereocenters. The summed E-state index contributed by atoms with van der Waals surface area (Å²) in [6, 6.07) is 16.7. The summed E-state index contributed by atoms with van der Waals surface area (Å²) in [5, 5.41) is 5.72. The lowest BCUT2D eigenvalue weighted by atomic mass is 9.93. The van der Waals surface area contributed by atoms with E-state index in [-0.39, 0.29) is 6.03 Å². The van der Waals surface area contributed by atoms with Gasteiger partial charge in [-0.1, -0.05) is 54.6 Å². The third-order valence-electron chi connectivity index (χ3n) is 5.91. The molecule has 0 saturated carbocycles. The second kappa shape index (κ2) is 10.4. The fourth-order valence-corrected chi connectivity index (χ4v) is 4.33. The van der Waals surface area contributed by atoms with Crippen LogP contribution in [0.2, 0.25) is 0 Å². The number of benzene rings is 2. The molecule has 1 atom stereocenters. The molecule has 0 radical (unpaired) electrons. The predicted octanol–water partition coefficient (Wildman–Crippen LogP) is 3.66. The van der Waals surface area contributed by atoms with Gasteiger partial charge in [0.1, 0.15) is 5.75 Å². The zero-order chi connectivity index (χ0) is 23.2. The van der Waals surface area contributed by atoms with Crippen LogP contribution < -0.4 is 15.4 Å². The van der Waals surface area contributed by atoms with Crippen LogP contribution in [0.15, 0.2) is 71.9 Å². The molecule has 0 saturated heterocycles. The third-order valence-corrected chi connectivity index (χ3v) is 5.91. The van der Waals surface area contributed by atoms with E-state index in [0.29, 0.717) is 30.2 Å². The first kappa shape index (κ1) is 22.6. The van der Waals surface area contributed by atoms with Gasteiger partial charge in [-0.15, -0.1) is 0 Å². The number of nitrogens with zero attached hydrogens (tertiary/aromatic N) is 1. The van der Waals surface area contributed by atoms with Gasteiger partial charge in [0.25, 0.3) is 0 Å². The summed E-state index contributed by atoms with van der Waals surface area (Å²) < 4.78 is 10.9. The summed E-state index contributed by atoms with van der Waals surface area (Å²) in [4.78, 5) is 27.7. The van der Waals surface area contributed by atoms with Gasteiger partial charge >= 0.3 is 12.0 Å². The maximum absolute atomic E-state index is 12.9. The van der Waals surface area contributed by atoms with Gasteiger partial charge in [-0.05, 0) is 30.5 Å². The standard InChI is InChI=1S/C26H29N3O4/c1-3-33-22-12-8-7-11-20(22)24-23(25(30)32-2)21(27-26(31)28-24)17-29-15-13-19(14-16-29)18-9-5-4-6-10-18/h4-13,24H,3,14-17H2,1-2H3,(H2,27,28,31)/t24-/m1/s1. The number of rotatable bonds is 7. The molecular weight excluding hydrogens is 418 g/mol. The molecule has 172 valence electrons. The number of para-hydroxylation sites is 1. The Morgan fingerprint density at radius 2 is 1.88 bits per heavy atom. The highest BCUT2D eigenvalue weighted by atomic mass is 16.5. The maximum Gasteiger partial charge on any atom is 0.338 e. The smallest absolute Gasteiger partial charge is 0.338 e. The van der Waals surface area contributed by atoms with Crippen LogP contribution in [0.1, 0.15) is 30.5 Å². The highest BCUT2D eigenvalue weighted by Gasteiger charge is 2.35. The third kappa shape index (κ3) is 5.09. The van der Waals surface area contributed by atoms with Gasteiger partial charge in [-0.25, -0.2) is 9.59 Å². The van der Waals surface area contributed by atoms with E-state index in [4.69, 9.17) is 9.47 Å². The van der Waals surface area contributed by atoms with E-state index in [2.05, 4.69) is 33.7 Å². The van der Waals surface area contributed by atoms with Crippen LogP contribution in [0.5, 0.6) is 5.75 Å². The van der Waals surface area contributed by atoms with Gasteiger partial charge in [-0.3, -0.25) is 4.90 Å². The van der Waals surface area contributed by atoms with Gasteiger partial charge in [0, 0.05) is 30.9 Å². The lowest BCUT2D eigenvalue weighted by Crippen LogP contribution is -2.48. The fourth-order valence-electron chi connectivity index (χ4n) is 4.33. The maximum atomic E-state index is 12.9. The quantitative estimate of drug-likeness (QED) is 0.634. The van der Waals surface area contributed by atoms with Crippen molar-refractivity contribution in [3.8, 4) is 5.75 Å². The fraction of sp³-hybridized carbons (Fsp3) is 0.308. The molecule has 2 aromatic carbocycles. The largest absolute Gasteiger partial charge is 0.494 e. The Kier molecular flexibility index (Phi) is 7.10. The first-order valence-corrected chi connectivity index (χ1v) is 11.2. The minimum absolute atomic E-state index is 0.355. The molecule has 0 fully saturated rings. The summed E-state index contributed by atoms with van der Waals surface area (Å²) in [6.07, 6.45) is 3.11. The normalized spacial score (nSPS) is 18.8. The van der Waals surface area contributed by atoms with Crippen LogP contribution >= 0.6 is 0 Å². The van der Waals surface area contributed by atoms with E-state index in [0.717, 1.165) is 25.1 Å². The SMILES string of the molecule is CCOc1ccccc1[C@H]1NC(=O)NC(CN2CC=C(c3ccccc3)CC2)=C1C(=O)OC. The second-order valence-electron chi connectivity index (χ2n) is 7.97. The molecule has 7 nitrogen and oxygen atoms in total. The summed E-state index contributed by atoms with van der Waals surface area (Å²) >= 11 is 0. The lowest BCUT2D eigenvalue weighted by molar-refractivity contribution is -0.136. The summed E-state index contributed by atoms with van der Waals surface area (Å²) in [5.41, 5.74) is 4.21. The van der Waals surface area contributed by atoms with Crippen molar-refractivity contribution in [2.45, 2.75) is 19.4 Å². The monoisotopic (exact) mass is 447 g/mol. The van der Waals surface area contributed by atoms with Crippen LogP contribution in [-0.2, 0) is 9.53 Å². The Bertz CT molecular complexity index is 1080. The average Bonchev–Trinajstić information content (AvgIpc) is 2.85. The molecule has 7 heteroatoms. The van der Waals surface area contributed by atoms with Crippen molar-refractivity contribution in [1.82, 2.24) is 15.5 Å². The van der Waals surface area contributed by atoms with Gasteiger partial charge in [-0.2, -0.15) is 0 Å². The van der Waals surface area contributed by atoms with Crippen molar-refractivity contribution in [3.63, 3.8) is 0 Å². The Hall–Kier alpha value is -3.58. The van der Waals surface area contributed by atoms with Crippen molar-refractivity contribution in [3.05, 3.63) is 83.1 Å². The Morgan fingerprint density at radius 1 is 1.12 bits per heavy atom. The molecule has 2 aliphatic rings. The lowest BCUT2D eigenvalue weighted by Gasteiger charge is -2.33. The van der Waals surface area contributed by atoms with E-state index in [9.17, 15) is 9.59 Å². The Labute approximate surface area is 194 Å². The zero-order valence-corrected chi connectivity index (χ0v) is 19.0. The number of carbonyl (C=O) groups is 2. The average molecular weight is 448 g/mol. The van der Waals surface area contributed by atoms with E-state index in [1.807, 2.05) is 49.4 Å². The minimum atomic E-state index is -0.663. The minimum Gasteiger partial charge on any atom is -0.494 e. The number of hydrogen-bond donors (Lipinski definition) is 2. The highest BCUT2D eigenvalue weighted by Crippen LogP contribution is 2.34. The van der Waals surface area contributed by atoms with Gasteiger partial charge < -0.3 is 20.1 Å². The highest BCUT2D eigenvalue weighted by molar-refractivity contribution is 5.95. The summed E-state index contributed by atoms with van der Waals surface area (Å²) in [5.74, 6) is 0.146. The van der Waals surface area contributed by atoms with Crippen LogP contribution in [-0.4, -0.2) is 50.3 Å². The van der Waals surface area contributed by atoms with Crippen molar-refractivity contribution in [2.24, 2.45) is 0 Å². The number of nitrogens with one attached hydrogen (secondary N) is 2. The number of ether oxygens (including phenoxy) is 2. The van der Waals surface area contributed by atoms with E-state index in [1.165, 1.54) is 18.2 Å². The number of carbonyl (C=O) groups excluding carboxylic acids is 2. The first-order chi connectivity index (χ1) is 16.1. The number of urea groups is 1. The number of hydrogen-bond acceptors (Lipinski definition) is 5. The van der Waals surface area contributed by atoms with Gasteiger partial charge in [0.05, 0.1) is 25.3 Å². The molecule has 0 spiro atoms. The zero-order valence-electron chi connectivity index (χ0n) is 19.0. The number of methoxy groups -OCH3 is 1. The van der Waals surface area contributed by atoms with Gasteiger partial charge in [0.15, 0.2) is 0 Å². The topological polar surface area (TPSA) is 79.9 Å². The van der Waals surface area contributed by atoms with E-state index >= 15 is 0 Å². The van der Waals surface area contributed by atoms with Crippen molar-refractivity contribution in [2.75, 3.05) is 33.4 Å². The van der Waals surface area contributed by atoms with E-state index < -0.39 is 12.0 Å². The molecule has 0 aliphatic carbocycles. The molecule has 4 rings (SSSR count). The Morgan fingerprint density at radius 3 is 2.58 bits per heavy atom. The summed E-state index contributed by atoms with van der Waals surface area (Å²) in [6.45, 7) is 4.36. The molecule has 2 heterocycles. The predicted molar refractivity (Wildman–Crippen MR) is 127 cm³/mol. The van der Waals surface area contributed by atoms with Crippen molar-refractivity contribution in [1.29, 1.82) is 0 Å². The van der Waals surface area contributed by atoms with Crippen molar-refractivity contribution < 1.29 is 19.1 Å². The van der Waals surface area contributed by atoms with Crippen LogP contribution in [0.25, 0.3) is 5.57 Å². The van der Waals surface area contributed by atoms with Crippen molar-refractivity contribution >= 4 is 17.6 Å². The Balaban J connectivity index is 1.63. The van der Waals surface area contributed by atoms with E-state index in [1.54, 1.807) is 0 Å². The molecular formula is C26H29N3O4. The molecule has 2 amide bonds. The summed E-state index contributed by atoms with van der Waals surface area (Å²) in [7, 11) is 1.35. The molecule has 2 N–H and O–H groups in total. The van der Waals surface area contributed by atoms with Crippen LogP contribution in [0, 0.1) is 0 Å². The molecule has 33 heavy (non-hydrogen) atoms. The number of esters is 1. The van der Waals surface area contributed by atoms with Crippen LogP contribution in [0.4, 0.5) is 4.79 Å². The second-order valence-corrected chi connectivity index (χ2v) is 7.97. The molecule has 2 aliphatic heterocycles. The van der Waals surface area contributed by atoms with Crippen LogP contribution in [0.3, 0.4) is 0 Å².